The van der Waals surface area contributed by atoms with E-state index >= 15 is 0 Å². The van der Waals surface area contributed by atoms with Crippen molar-refractivity contribution in [3.8, 4) is 0 Å². The summed E-state index contributed by atoms with van der Waals surface area (Å²) in [5, 5.41) is 8.55. The van der Waals surface area contributed by atoms with E-state index in [9.17, 15) is 4.39 Å². The maximum absolute atomic E-state index is 12.9. The third-order valence-electron chi connectivity index (χ3n) is 1.61. The zero-order valence-corrected chi connectivity index (χ0v) is 8.14. The Balaban J connectivity index is 2.69. The highest BCUT2D eigenvalue weighted by Crippen LogP contribution is 2.16. The molecule has 0 radical (unpaired) electrons. The van der Waals surface area contributed by atoms with Crippen LogP contribution in [0.5, 0.6) is 0 Å². The van der Waals surface area contributed by atoms with E-state index in [1.54, 1.807) is 6.07 Å². The molecule has 1 aromatic carbocycles. The van der Waals surface area contributed by atoms with Crippen LogP contribution in [-0.2, 0) is 6.42 Å². The van der Waals surface area contributed by atoms with E-state index in [2.05, 4.69) is 15.9 Å². The van der Waals surface area contributed by atoms with Crippen molar-refractivity contribution in [1.82, 2.24) is 0 Å². The lowest BCUT2D eigenvalue weighted by atomic mass is 10.1. The molecule has 0 aliphatic heterocycles. The summed E-state index contributed by atoms with van der Waals surface area (Å²) in [7, 11) is 0. The molecule has 12 heavy (non-hydrogen) atoms. The molecule has 1 nitrogen and oxygen atoms in total. The van der Waals surface area contributed by atoms with Crippen LogP contribution >= 0.6 is 15.9 Å². The number of benzene rings is 1. The number of halogens is 2. The van der Waals surface area contributed by atoms with Crippen molar-refractivity contribution in [1.29, 1.82) is 0 Å². The van der Waals surface area contributed by atoms with Gasteiger partial charge in [-0.3, -0.25) is 0 Å². The first-order valence-corrected chi connectivity index (χ1v) is 4.58. The predicted molar refractivity (Wildman–Crippen MR) is 49.5 cm³/mol. The molecular weight excluding hydrogens is 223 g/mol. The number of rotatable bonds is 3. The molecule has 0 fully saturated rings. The van der Waals surface area contributed by atoms with Gasteiger partial charge in [-0.25, -0.2) is 4.39 Å². The third-order valence-corrected chi connectivity index (χ3v) is 2.25. The van der Waals surface area contributed by atoms with Gasteiger partial charge < -0.3 is 5.11 Å². The maximum atomic E-state index is 12.9. The van der Waals surface area contributed by atoms with Gasteiger partial charge in [0.1, 0.15) is 5.82 Å². The minimum Gasteiger partial charge on any atom is -0.396 e. The zero-order valence-electron chi connectivity index (χ0n) is 6.56. The first kappa shape index (κ1) is 9.68. The quantitative estimate of drug-likeness (QED) is 0.850. The smallest absolute Gasteiger partial charge is 0.137 e. The van der Waals surface area contributed by atoms with Crippen LogP contribution in [0.2, 0.25) is 0 Å². The Morgan fingerprint density at radius 2 is 2.17 bits per heavy atom. The fourth-order valence-corrected chi connectivity index (χ4v) is 1.22. The van der Waals surface area contributed by atoms with Crippen molar-refractivity contribution < 1.29 is 9.50 Å². The Bertz CT molecular complexity index is 263. The molecule has 0 heterocycles. The molecule has 0 aliphatic carbocycles. The molecule has 0 saturated heterocycles. The monoisotopic (exact) mass is 232 g/mol. The summed E-state index contributed by atoms with van der Waals surface area (Å²) in [6, 6.07) is 5.02. The Labute approximate surface area is 79.4 Å². The minimum absolute atomic E-state index is 0.150. The van der Waals surface area contributed by atoms with Crippen molar-refractivity contribution in [2.24, 2.45) is 0 Å². The first-order chi connectivity index (χ1) is 5.74. The summed E-state index contributed by atoms with van der Waals surface area (Å²) >= 11 is 3.07. The van der Waals surface area contributed by atoms with Crippen LogP contribution in [0.4, 0.5) is 4.39 Å². The molecule has 1 aromatic rings. The summed E-state index contributed by atoms with van der Waals surface area (Å²) in [5.41, 5.74) is 0.921. The fraction of sp³-hybridized carbons (Fsp3) is 0.333. The fourth-order valence-electron chi connectivity index (χ4n) is 0.978. The van der Waals surface area contributed by atoms with Crippen molar-refractivity contribution in [2.75, 3.05) is 6.61 Å². The topological polar surface area (TPSA) is 20.2 Å². The Morgan fingerprint density at radius 3 is 2.75 bits per heavy atom. The third kappa shape index (κ3) is 2.57. The molecule has 0 spiro atoms. The van der Waals surface area contributed by atoms with E-state index in [1.807, 2.05) is 6.07 Å². The van der Waals surface area contributed by atoms with Crippen LogP contribution in [0.15, 0.2) is 22.7 Å². The SMILES string of the molecule is OCCCc1ccc(Br)c(F)c1. The van der Waals surface area contributed by atoms with Crippen molar-refractivity contribution in [3.05, 3.63) is 34.1 Å². The highest BCUT2D eigenvalue weighted by Gasteiger charge is 1.99. The second-order valence-corrected chi connectivity index (χ2v) is 3.43. The summed E-state index contributed by atoms with van der Waals surface area (Å²) in [6.45, 7) is 0.150. The van der Waals surface area contributed by atoms with Gasteiger partial charge in [-0.1, -0.05) is 6.07 Å². The zero-order chi connectivity index (χ0) is 8.97. The molecule has 0 aliphatic rings. The number of hydrogen-bond donors (Lipinski definition) is 1. The van der Waals surface area contributed by atoms with Crippen LogP contribution in [-0.4, -0.2) is 11.7 Å². The molecule has 0 bridgehead atoms. The van der Waals surface area contributed by atoms with E-state index < -0.39 is 0 Å². The van der Waals surface area contributed by atoms with Crippen LogP contribution in [0.25, 0.3) is 0 Å². The number of aliphatic hydroxyl groups excluding tert-OH is 1. The van der Waals surface area contributed by atoms with Gasteiger partial charge in [-0.2, -0.15) is 0 Å². The molecule has 0 amide bonds. The molecule has 0 saturated carbocycles. The summed E-state index contributed by atoms with van der Waals surface area (Å²) in [6.07, 6.45) is 1.40. The summed E-state index contributed by atoms with van der Waals surface area (Å²) in [5.74, 6) is -0.245. The van der Waals surface area contributed by atoms with Crippen LogP contribution < -0.4 is 0 Å². The normalized spacial score (nSPS) is 10.2. The van der Waals surface area contributed by atoms with Crippen molar-refractivity contribution in [2.45, 2.75) is 12.8 Å². The Morgan fingerprint density at radius 1 is 1.42 bits per heavy atom. The summed E-state index contributed by atoms with van der Waals surface area (Å²) < 4.78 is 13.4. The lowest BCUT2D eigenvalue weighted by molar-refractivity contribution is 0.288. The Hall–Kier alpha value is -0.410. The molecule has 66 valence electrons. The summed E-state index contributed by atoms with van der Waals surface area (Å²) in [4.78, 5) is 0. The van der Waals surface area contributed by atoms with Gasteiger partial charge in [0.15, 0.2) is 0 Å². The van der Waals surface area contributed by atoms with Gasteiger partial charge in [0.05, 0.1) is 4.47 Å². The van der Waals surface area contributed by atoms with E-state index in [1.165, 1.54) is 6.07 Å². The van der Waals surface area contributed by atoms with Gasteiger partial charge in [-0.05, 0) is 46.5 Å². The van der Waals surface area contributed by atoms with Gasteiger partial charge in [0.25, 0.3) is 0 Å². The highest BCUT2D eigenvalue weighted by molar-refractivity contribution is 9.10. The molecule has 0 atom stereocenters. The standard InChI is InChI=1S/C9H10BrFO/c10-8-4-3-7(2-1-5-12)6-9(8)11/h3-4,6,12H,1-2,5H2. The van der Waals surface area contributed by atoms with Crippen LogP contribution in [0, 0.1) is 5.82 Å². The molecular formula is C9H10BrFO. The predicted octanol–water partition coefficient (Wildman–Crippen LogP) is 2.51. The van der Waals surface area contributed by atoms with Gasteiger partial charge in [0.2, 0.25) is 0 Å². The lowest BCUT2D eigenvalue weighted by Crippen LogP contribution is -1.90. The highest BCUT2D eigenvalue weighted by atomic mass is 79.9. The number of aryl methyl sites for hydroxylation is 1. The van der Waals surface area contributed by atoms with E-state index in [4.69, 9.17) is 5.11 Å². The maximum Gasteiger partial charge on any atom is 0.137 e. The molecule has 1 rings (SSSR count). The van der Waals surface area contributed by atoms with Gasteiger partial charge in [-0.15, -0.1) is 0 Å². The van der Waals surface area contributed by atoms with E-state index in [0.29, 0.717) is 10.9 Å². The second-order valence-electron chi connectivity index (χ2n) is 2.58. The van der Waals surface area contributed by atoms with Crippen LogP contribution in [0.3, 0.4) is 0 Å². The first-order valence-electron chi connectivity index (χ1n) is 3.79. The average Bonchev–Trinajstić information content (AvgIpc) is 2.07. The number of hydrogen-bond acceptors (Lipinski definition) is 1. The van der Waals surface area contributed by atoms with E-state index in [-0.39, 0.29) is 12.4 Å². The van der Waals surface area contributed by atoms with Gasteiger partial charge in [0, 0.05) is 6.61 Å². The van der Waals surface area contributed by atoms with E-state index in [0.717, 1.165) is 12.0 Å². The molecule has 0 aromatic heterocycles. The molecule has 0 unspecified atom stereocenters. The second kappa shape index (κ2) is 4.58. The minimum atomic E-state index is -0.245. The van der Waals surface area contributed by atoms with Crippen LogP contribution in [0.1, 0.15) is 12.0 Å². The van der Waals surface area contributed by atoms with Gasteiger partial charge >= 0.3 is 0 Å². The molecule has 3 heteroatoms. The average molecular weight is 233 g/mol. The lowest BCUT2D eigenvalue weighted by Gasteiger charge is -2.00. The van der Waals surface area contributed by atoms with Crippen molar-refractivity contribution in [3.63, 3.8) is 0 Å². The largest absolute Gasteiger partial charge is 0.396 e. The molecule has 1 N–H and O–H groups in total. The Kier molecular flexibility index (Phi) is 3.69. The van der Waals surface area contributed by atoms with Crippen molar-refractivity contribution >= 4 is 15.9 Å². The number of aliphatic hydroxyl groups is 1.